The Kier molecular flexibility index (Phi) is 3.40. The van der Waals surface area contributed by atoms with Crippen molar-refractivity contribution < 1.29 is 4.74 Å². The minimum Gasteiger partial charge on any atom is -0.496 e. The first kappa shape index (κ1) is 12.8. The molecule has 3 rings (SSSR count). The number of benzene rings is 1. The van der Waals surface area contributed by atoms with Crippen molar-refractivity contribution in [3.8, 4) is 5.75 Å². The van der Waals surface area contributed by atoms with E-state index in [0.29, 0.717) is 0 Å². The highest BCUT2D eigenvalue weighted by atomic mass is 16.5. The fourth-order valence-corrected chi connectivity index (χ4v) is 2.83. The van der Waals surface area contributed by atoms with Gasteiger partial charge >= 0.3 is 0 Å². The largest absolute Gasteiger partial charge is 0.496 e. The number of nitrogens with two attached hydrogens (primary N) is 1. The first-order chi connectivity index (χ1) is 9.20. The number of ether oxygens (including phenoxy) is 1. The number of rotatable bonds is 6. The van der Waals surface area contributed by atoms with Gasteiger partial charge in [0.25, 0.3) is 0 Å². The molecule has 0 heterocycles. The van der Waals surface area contributed by atoms with E-state index in [4.69, 9.17) is 10.5 Å². The van der Waals surface area contributed by atoms with Crippen LogP contribution in [0.3, 0.4) is 0 Å². The first-order valence-corrected chi connectivity index (χ1v) is 7.40. The third-order valence-electron chi connectivity index (χ3n) is 4.17. The average molecular weight is 260 g/mol. The van der Waals surface area contributed by atoms with Gasteiger partial charge in [-0.05, 0) is 50.7 Å². The minimum absolute atomic E-state index is 0.00611. The summed E-state index contributed by atoms with van der Waals surface area (Å²) in [6.45, 7) is 3.24. The van der Waals surface area contributed by atoms with Crippen LogP contribution in [0.4, 0.5) is 5.69 Å². The molecule has 2 aliphatic carbocycles. The molecule has 1 aromatic rings. The van der Waals surface area contributed by atoms with E-state index in [1.807, 2.05) is 13.0 Å². The van der Waals surface area contributed by atoms with Crippen molar-refractivity contribution in [3.63, 3.8) is 0 Å². The molecule has 2 fully saturated rings. The van der Waals surface area contributed by atoms with Gasteiger partial charge in [-0.15, -0.1) is 0 Å². The SMILES string of the molecule is COc1cccc(N(CC2CC2)C2CC2)c1C(C)N. The van der Waals surface area contributed by atoms with Crippen molar-refractivity contribution in [2.45, 2.75) is 44.7 Å². The third-order valence-corrected chi connectivity index (χ3v) is 4.17. The summed E-state index contributed by atoms with van der Waals surface area (Å²) in [6, 6.07) is 7.05. The smallest absolute Gasteiger partial charge is 0.125 e. The Morgan fingerprint density at radius 2 is 2.05 bits per heavy atom. The molecule has 104 valence electrons. The summed E-state index contributed by atoms with van der Waals surface area (Å²) in [7, 11) is 1.73. The second-order valence-corrected chi connectivity index (χ2v) is 6.01. The third kappa shape index (κ3) is 2.71. The number of anilines is 1. The van der Waals surface area contributed by atoms with Gasteiger partial charge in [0.2, 0.25) is 0 Å². The van der Waals surface area contributed by atoms with Gasteiger partial charge in [-0.2, -0.15) is 0 Å². The van der Waals surface area contributed by atoms with Crippen molar-refractivity contribution in [2.24, 2.45) is 11.7 Å². The molecule has 2 N–H and O–H groups in total. The minimum atomic E-state index is 0.00611. The van der Waals surface area contributed by atoms with E-state index < -0.39 is 0 Å². The Morgan fingerprint density at radius 3 is 2.58 bits per heavy atom. The average Bonchev–Trinajstić information content (AvgIpc) is 3.27. The summed E-state index contributed by atoms with van der Waals surface area (Å²) < 4.78 is 5.51. The number of hydrogen-bond acceptors (Lipinski definition) is 3. The maximum absolute atomic E-state index is 6.19. The molecule has 2 aliphatic rings. The van der Waals surface area contributed by atoms with Crippen molar-refractivity contribution in [2.75, 3.05) is 18.6 Å². The molecule has 0 spiro atoms. The van der Waals surface area contributed by atoms with Crippen LogP contribution in [0.2, 0.25) is 0 Å². The molecule has 1 aromatic carbocycles. The van der Waals surface area contributed by atoms with Gasteiger partial charge in [-0.3, -0.25) is 0 Å². The van der Waals surface area contributed by atoms with Crippen LogP contribution < -0.4 is 15.4 Å². The summed E-state index contributed by atoms with van der Waals surface area (Å²) in [5.41, 5.74) is 8.65. The predicted molar refractivity (Wildman–Crippen MR) is 78.7 cm³/mol. The first-order valence-electron chi connectivity index (χ1n) is 7.40. The second-order valence-electron chi connectivity index (χ2n) is 6.01. The van der Waals surface area contributed by atoms with Gasteiger partial charge in [-0.25, -0.2) is 0 Å². The highest BCUT2D eigenvalue weighted by molar-refractivity contribution is 5.62. The van der Waals surface area contributed by atoms with E-state index in [-0.39, 0.29) is 6.04 Å². The predicted octanol–water partition coefficient (Wildman–Crippen LogP) is 3.09. The standard InChI is InChI=1S/C16H24N2O/c1-11(17)16-14(4-3-5-15(16)19-2)18(13-8-9-13)10-12-6-7-12/h3-5,11-13H,6-10,17H2,1-2H3. The molecule has 19 heavy (non-hydrogen) atoms. The summed E-state index contributed by atoms with van der Waals surface area (Å²) in [4.78, 5) is 2.58. The fourth-order valence-electron chi connectivity index (χ4n) is 2.83. The zero-order valence-corrected chi connectivity index (χ0v) is 11.9. The van der Waals surface area contributed by atoms with E-state index in [1.165, 1.54) is 37.9 Å². The lowest BCUT2D eigenvalue weighted by atomic mass is 10.0. The topological polar surface area (TPSA) is 38.5 Å². The summed E-state index contributed by atoms with van der Waals surface area (Å²) in [5.74, 6) is 1.82. The lowest BCUT2D eigenvalue weighted by Gasteiger charge is -2.29. The Labute approximate surface area is 115 Å². The molecule has 0 bridgehead atoms. The van der Waals surface area contributed by atoms with Crippen LogP contribution >= 0.6 is 0 Å². The molecule has 1 atom stereocenters. The van der Waals surface area contributed by atoms with Crippen LogP contribution in [-0.2, 0) is 0 Å². The van der Waals surface area contributed by atoms with Crippen molar-refractivity contribution in [1.82, 2.24) is 0 Å². The fraction of sp³-hybridized carbons (Fsp3) is 0.625. The monoisotopic (exact) mass is 260 g/mol. The van der Waals surface area contributed by atoms with Crippen LogP contribution in [0.1, 0.15) is 44.2 Å². The molecule has 0 saturated heterocycles. The summed E-state index contributed by atoms with van der Waals surface area (Å²) in [5, 5.41) is 0. The number of hydrogen-bond donors (Lipinski definition) is 1. The molecular weight excluding hydrogens is 236 g/mol. The summed E-state index contributed by atoms with van der Waals surface area (Å²) in [6.07, 6.45) is 5.42. The van der Waals surface area contributed by atoms with Gasteiger partial charge < -0.3 is 15.4 Å². The maximum Gasteiger partial charge on any atom is 0.125 e. The Morgan fingerprint density at radius 1 is 1.32 bits per heavy atom. The second kappa shape index (κ2) is 5.04. The highest BCUT2D eigenvalue weighted by Gasteiger charge is 2.35. The van der Waals surface area contributed by atoms with Gasteiger partial charge in [0, 0.05) is 29.9 Å². The van der Waals surface area contributed by atoms with Crippen LogP contribution in [0.25, 0.3) is 0 Å². The molecule has 0 aliphatic heterocycles. The number of nitrogens with zero attached hydrogens (tertiary/aromatic N) is 1. The molecular formula is C16H24N2O. The Hall–Kier alpha value is -1.22. The molecule has 0 radical (unpaired) electrons. The van der Waals surface area contributed by atoms with Crippen molar-refractivity contribution >= 4 is 5.69 Å². The van der Waals surface area contributed by atoms with Crippen molar-refractivity contribution in [3.05, 3.63) is 23.8 Å². The van der Waals surface area contributed by atoms with Crippen LogP contribution in [0.15, 0.2) is 18.2 Å². The number of methoxy groups -OCH3 is 1. The van der Waals surface area contributed by atoms with Gasteiger partial charge in [0.05, 0.1) is 7.11 Å². The zero-order chi connectivity index (χ0) is 13.4. The Balaban J connectivity index is 1.95. The molecule has 3 heteroatoms. The Bertz CT molecular complexity index is 450. The molecule has 0 aromatic heterocycles. The van der Waals surface area contributed by atoms with Gasteiger partial charge in [0.1, 0.15) is 5.75 Å². The van der Waals surface area contributed by atoms with Gasteiger partial charge in [-0.1, -0.05) is 6.07 Å². The molecule has 3 nitrogen and oxygen atoms in total. The highest BCUT2D eigenvalue weighted by Crippen LogP contribution is 2.42. The molecule has 1 unspecified atom stereocenters. The zero-order valence-electron chi connectivity index (χ0n) is 11.9. The lowest BCUT2D eigenvalue weighted by Crippen LogP contribution is -2.30. The summed E-state index contributed by atoms with van der Waals surface area (Å²) >= 11 is 0. The van der Waals surface area contributed by atoms with Crippen molar-refractivity contribution in [1.29, 1.82) is 0 Å². The molecule has 0 amide bonds. The van der Waals surface area contributed by atoms with E-state index in [9.17, 15) is 0 Å². The van der Waals surface area contributed by atoms with E-state index in [0.717, 1.165) is 23.3 Å². The van der Waals surface area contributed by atoms with E-state index in [1.54, 1.807) is 7.11 Å². The van der Waals surface area contributed by atoms with Crippen LogP contribution in [0.5, 0.6) is 5.75 Å². The van der Waals surface area contributed by atoms with Crippen LogP contribution in [-0.4, -0.2) is 19.7 Å². The quantitative estimate of drug-likeness (QED) is 0.854. The normalized spacial score (nSPS) is 20.2. The molecule has 2 saturated carbocycles. The lowest BCUT2D eigenvalue weighted by molar-refractivity contribution is 0.407. The van der Waals surface area contributed by atoms with Gasteiger partial charge in [0.15, 0.2) is 0 Å². The maximum atomic E-state index is 6.19. The van der Waals surface area contributed by atoms with E-state index >= 15 is 0 Å². The van der Waals surface area contributed by atoms with E-state index in [2.05, 4.69) is 17.0 Å². The van der Waals surface area contributed by atoms with Crippen LogP contribution in [0, 0.1) is 5.92 Å².